The highest BCUT2D eigenvalue weighted by Gasteiger charge is 1.96. The first-order chi connectivity index (χ1) is 6.86. The molecule has 1 rings (SSSR count). The number of hydrogen-bond acceptors (Lipinski definition) is 2. The predicted molar refractivity (Wildman–Crippen MR) is 65.1 cm³/mol. The van der Waals surface area contributed by atoms with E-state index in [4.69, 9.17) is 6.42 Å². The third kappa shape index (κ3) is 3.68. The van der Waals surface area contributed by atoms with Gasteiger partial charge in [0, 0.05) is 0 Å². The van der Waals surface area contributed by atoms with Crippen LogP contribution in [0.5, 0.6) is 0 Å². The van der Waals surface area contributed by atoms with Crippen LogP contribution < -0.4 is 0 Å². The summed E-state index contributed by atoms with van der Waals surface area (Å²) in [7, 11) is 0. The van der Waals surface area contributed by atoms with Crippen LogP contribution in [0.1, 0.15) is 13.3 Å². The SMILES string of the molecule is C#CCSC(CC)=Nc1ccccc1. The first-order valence-electron chi connectivity index (χ1n) is 4.55. The van der Waals surface area contributed by atoms with Crippen molar-refractivity contribution in [2.45, 2.75) is 13.3 Å². The maximum atomic E-state index is 5.20. The van der Waals surface area contributed by atoms with Gasteiger partial charge in [0.25, 0.3) is 0 Å². The average Bonchev–Trinajstić information content (AvgIpc) is 2.25. The lowest BCUT2D eigenvalue weighted by Crippen LogP contribution is -1.89. The molecule has 0 saturated carbocycles. The molecule has 0 saturated heterocycles. The summed E-state index contributed by atoms with van der Waals surface area (Å²) in [6, 6.07) is 9.94. The molecule has 0 aliphatic carbocycles. The monoisotopic (exact) mass is 203 g/mol. The van der Waals surface area contributed by atoms with E-state index in [1.807, 2.05) is 30.3 Å². The normalized spacial score (nSPS) is 11.0. The fraction of sp³-hybridized carbons (Fsp3) is 0.250. The van der Waals surface area contributed by atoms with Crippen LogP contribution in [-0.4, -0.2) is 10.8 Å². The van der Waals surface area contributed by atoms with E-state index >= 15 is 0 Å². The second-order valence-electron chi connectivity index (χ2n) is 2.69. The third-order valence-corrected chi connectivity index (χ3v) is 2.66. The molecule has 0 radical (unpaired) electrons. The second kappa shape index (κ2) is 6.28. The molecule has 0 fully saturated rings. The molecule has 14 heavy (non-hydrogen) atoms. The number of benzene rings is 1. The Labute approximate surface area is 89.6 Å². The van der Waals surface area contributed by atoms with Crippen molar-refractivity contribution in [1.82, 2.24) is 0 Å². The minimum absolute atomic E-state index is 0.694. The van der Waals surface area contributed by atoms with Crippen LogP contribution in [0, 0.1) is 12.3 Å². The van der Waals surface area contributed by atoms with E-state index in [1.165, 1.54) is 0 Å². The number of nitrogens with zero attached hydrogens (tertiary/aromatic N) is 1. The van der Waals surface area contributed by atoms with Gasteiger partial charge in [-0.2, -0.15) is 0 Å². The molecule has 0 unspecified atom stereocenters. The van der Waals surface area contributed by atoms with Crippen molar-refractivity contribution in [1.29, 1.82) is 0 Å². The van der Waals surface area contributed by atoms with E-state index in [1.54, 1.807) is 11.8 Å². The summed E-state index contributed by atoms with van der Waals surface area (Å²) in [6.45, 7) is 2.09. The van der Waals surface area contributed by atoms with Gasteiger partial charge in [0.15, 0.2) is 0 Å². The molecule has 0 amide bonds. The Morgan fingerprint density at radius 1 is 1.43 bits per heavy atom. The highest BCUT2D eigenvalue weighted by Crippen LogP contribution is 2.16. The maximum absolute atomic E-state index is 5.20. The average molecular weight is 203 g/mol. The van der Waals surface area contributed by atoms with Gasteiger partial charge in [-0.05, 0) is 18.6 Å². The molecule has 0 spiro atoms. The zero-order valence-corrected chi connectivity index (χ0v) is 9.05. The van der Waals surface area contributed by atoms with Gasteiger partial charge in [0.1, 0.15) is 0 Å². The topological polar surface area (TPSA) is 12.4 Å². The van der Waals surface area contributed by atoms with Crippen molar-refractivity contribution in [2.75, 3.05) is 5.75 Å². The minimum atomic E-state index is 0.694. The van der Waals surface area contributed by atoms with Gasteiger partial charge in [-0.1, -0.05) is 42.8 Å². The fourth-order valence-corrected chi connectivity index (χ4v) is 1.61. The largest absolute Gasteiger partial charge is 0.247 e. The summed E-state index contributed by atoms with van der Waals surface area (Å²) in [5.41, 5.74) is 0.994. The van der Waals surface area contributed by atoms with Crippen molar-refractivity contribution in [3.05, 3.63) is 30.3 Å². The molecule has 1 aromatic rings. The third-order valence-electron chi connectivity index (χ3n) is 1.63. The Kier molecular flexibility index (Phi) is 4.88. The van der Waals surface area contributed by atoms with E-state index in [0.29, 0.717) is 5.75 Å². The number of hydrogen-bond donors (Lipinski definition) is 0. The van der Waals surface area contributed by atoms with Crippen molar-refractivity contribution in [3.8, 4) is 12.3 Å². The summed E-state index contributed by atoms with van der Waals surface area (Å²) in [5, 5.41) is 1.09. The Bertz CT molecular complexity index is 335. The number of aliphatic imine (C=N–C) groups is 1. The van der Waals surface area contributed by atoms with E-state index < -0.39 is 0 Å². The fourth-order valence-electron chi connectivity index (χ4n) is 0.985. The van der Waals surface area contributed by atoms with Crippen molar-refractivity contribution in [2.24, 2.45) is 4.99 Å². The quantitative estimate of drug-likeness (QED) is 0.416. The molecule has 0 aliphatic heterocycles. The Morgan fingerprint density at radius 3 is 2.71 bits per heavy atom. The summed E-state index contributed by atoms with van der Waals surface area (Å²) < 4.78 is 0. The maximum Gasteiger partial charge on any atom is 0.0745 e. The summed E-state index contributed by atoms with van der Waals surface area (Å²) in [4.78, 5) is 4.50. The second-order valence-corrected chi connectivity index (χ2v) is 3.74. The van der Waals surface area contributed by atoms with Crippen LogP contribution >= 0.6 is 11.8 Å². The number of terminal acetylenes is 1. The highest BCUT2D eigenvalue weighted by molar-refractivity contribution is 8.14. The zero-order valence-electron chi connectivity index (χ0n) is 8.23. The van der Waals surface area contributed by atoms with Crippen LogP contribution in [0.25, 0.3) is 0 Å². The molecule has 0 heterocycles. The zero-order chi connectivity index (χ0) is 10.2. The summed E-state index contributed by atoms with van der Waals surface area (Å²) in [5.74, 6) is 3.29. The van der Waals surface area contributed by atoms with E-state index in [9.17, 15) is 0 Å². The van der Waals surface area contributed by atoms with Gasteiger partial charge < -0.3 is 0 Å². The highest BCUT2D eigenvalue weighted by atomic mass is 32.2. The molecule has 0 atom stereocenters. The first-order valence-corrected chi connectivity index (χ1v) is 5.54. The lowest BCUT2D eigenvalue weighted by Gasteiger charge is -2.00. The first kappa shape index (κ1) is 10.9. The van der Waals surface area contributed by atoms with Crippen molar-refractivity contribution < 1.29 is 0 Å². The van der Waals surface area contributed by atoms with Crippen LogP contribution in [-0.2, 0) is 0 Å². The van der Waals surface area contributed by atoms with Gasteiger partial charge in [0.2, 0.25) is 0 Å². The lowest BCUT2D eigenvalue weighted by atomic mass is 10.3. The molecule has 0 aromatic heterocycles. The van der Waals surface area contributed by atoms with Crippen LogP contribution in [0.4, 0.5) is 5.69 Å². The molecule has 0 bridgehead atoms. The van der Waals surface area contributed by atoms with Crippen LogP contribution in [0.2, 0.25) is 0 Å². The van der Waals surface area contributed by atoms with Crippen molar-refractivity contribution >= 4 is 22.5 Å². The van der Waals surface area contributed by atoms with Gasteiger partial charge in [-0.3, -0.25) is 0 Å². The lowest BCUT2D eigenvalue weighted by molar-refractivity contribution is 1.30. The number of rotatable bonds is 3. The van der Waals surface area contributed by atoms with E-state index in [-0.39, 0.29) is 0 Å². The van der Waals surface area contributed by atoms with Crippen molar-refractivity contribution in [3.63, 3.8) is 0 Å². The van der Waals surface area contributed by atoms with Gasteiger partial charge in [-0.25, -0.2) is 4.99 Å². The van der Waals surface area contributed by atoms with Gasteiger partial charge in [-0.15, -0.1) is 6.42 Å². The van der Waals surface area contributed by atoms with Gasteiger partial charge >= 0.3 is 0 Å². The molecular weight excluding hydrogens is 190 g/mol. The van der Waals surface area contributed by atoms with Crippen LogP contribution in [0.3, 0.4) is 0 Å². The Hall–Kier alpha value is -1.20. The van der Waals surface area contributed by atoms with E-state index in [2.05, 4.69) is 17.8 Å². The standard InChI is InChI=1S/C12H13NS/c1-3-10-14-12(4-2)13-11-8-6-5-7-9-11/h1,5-9H,4,10H2,2H3. The molecule has 72 valence electrons. The number of thioether (sulfide) groups is 1. The summed E-state index contributed by atoms with van der Waals surface area (Å²) in [6.07, 6.45) is 6.13. The molecule has 0 N–H and O–H groups in total. The predicted octanol–water partition coefficient (Wildman–Crippen LogP) is 3.49. The molecular formula is C12H13NS. The van der Waals surface area contributed by atoms with Crippen LogP contribution in [0.15, 0.2) is 35.3 Å². The molecule has 0 aliphatic rings. The Morgan fingerprint density at radius 2 is 2.14 bits per heavy atom. The molecule has 1 nitrogen and oxygen atoms in total. The summed E-state index contributed by atoms with van der Waals surface area (Å²) >= 11 is 1.63. The number of para-hydroxylation sites is 1. The smallest absolute Gasteiger partial charge is 0.0745 e. The molecule has 1 aromatic carbocycles. The molecule has 2 heteroatoms. The van der Waals surface area contributed by atoms with E-state index in [0.717, 1.165) is 17.2 Å². The minimum Gasteiger partial charge on any atom is -0.247 e. The van der Waals surface area contributed by atoms with Gasteiger partial charge in [0.05, 0.1) is 16.5 Å². The Balaban J connectivity index is 2.69.